The predicted octanol–water partition coefficient (Wildman–Crippen LogP) is 1.99. The van der Waals surface area contributed by atoms with Gasteiger partial charge in [0.2, 0.25) is 5.91 Å². The Kier molecular flexibility index (Phi) is 3.68. The molecule has 1 spiro atoms. The third-order valence-corrected chi connectivity index (χ3v) is 7.79. The number of aliphatic hydroxyl groups is 1. The minimum absolute atomic E-state index is 0.176. The van der Waals surface area contributed by atoms with E-state index in [0.29, 0.717) is 31.1 Å². The van der Waals surface area contributed by atoms with Crippen LogP contribution < -0.4 is 10.7 Å². The Morgan fingerprint density at radius 1 is 1.11 bits per heavy atom. The van der Waals surface area contributed by atoms with Gasteiger partial charge in [0.15, 0.2) is 0 Å². The molecule has 1 aliphatic heterocycles. The number of nitrogens with zero attached hydrogens (tertiary/aromatic N) is 1. The summed E-state index contributed by atoms with van der Waals surface area (Å²) in [6, 6.07) is -0.514. The van der Waals surface area contributed by atoms with Crippen molar-refractivity contribution in [2.75, 3.05) is 0 Å². The number of urea groups is 1. The molecule has 4 amide bonds. The van der Waals surface area contributed by atoms with Gasteiger partial charge in [-0.25, -0.2) is 4.79 Å². The van der Waals surface area contributed by atoms with Crippen molar-refractivity contribution in [2.45, 2.75) is 88.2 Å². The maximum absolute atomic E-state index is 12.8. The Labute approximate surface area is 159 Å². The summed E-state index contributed by atoms with van der Waals surface area (Å²) < 4.78 is 0. The van der Waals surface area contributed by atoms with Gasteiger partial charge in [0.25, 0.3) is 5.91 Å². The Hall–Kier alpha value is -1.63. The van der Waals surface area contributed by atoms with Crippen molar-refractivity contribution in [3.8, 4) is 0 Å². The van der Waals surface area contributed by atoms with Crippen LogP contribution in [0.25, 0.3) is 0 Å². The first kappa shape index (κ1) is 17.5. The van der Waals surface area contributed by atoms with E-state index >= 15 is 0 Å². The Balaban J connectivity index is 1.27. The second-order valence-corrected chi connectivity index (χ2v) is 10.1. The molecule has 0 aromatic carbocycles. The first-order valence-electron chi connectivity index (χ1n) is 10.5. The number of imide groups is 1. The summed E-state index contributed by atoms with van der Waals surface area (Å²) in [5.41, 5.74) is 0.978. The maximum atomic E-state index is 12.8. The highest BCUT2D eigenvalue weighted by Crippen LogP contribution is 2.62. The van der Waals surface area contributed by atoms with Gasteiger partial charge in [-0.3, -0.25) is 15.0 Å². The fourth-order valence-electron chi connectivity index (χ4n) is 7.33. The smallest absolute Gasteiger partial charge is 0.344 e. The fourth-order valence-corrected chi connectivity index (χ4v) is 7.33. The number of rotatable bonds is 3. The minimum atomic E-state index is -0.821. The first-order chi connectivity index (χ1) is 12.8. The van der Waals surface area contributed by atoms with Crippen LogP contribution in [0.1, 0.15) is 77.0 Å². The molecule has 148 valence electrons. The number of amides is 4. The number of hydrazine groups is 1. The van der Waals surface area contributed by atoms with Crippen LogP contribution in [0, 0.1) is 17.3 Å². The number of nitrogens with one attached hydrogen (secondary N) is 2. The van der Waals surface area contributed by atoms with Gasteiger partial charge >= 0.3 is 6.03 Å². The van der Waals surface area contributed by atoms with Crippen molar-refractivity contribution in [3.63, 3.8) is 0 Å². The minimum Gasteiger partial charge on any atom is -0.390 e. The number of carbonyl (C=O) groups is 3. The quantitative estimate of drug-likeness (QED) is 0.657. The van der Waals surface area contributed by atoms with Gasteiger partial charge in [0.05, 0.1) is 5.60 Å². The first-order valence-corrected chi connectivity index (χ1v) is 10.5. The molecule has 2 unspecified atom stereocenters. The zero-order valence-corrected chi connectivity index (χ0v) is 15.8. The van der Waals surface area contributed by atoms with Crippen LogP contribution >= 0.6 is 0 Å². The summed E-state index contributed by atoms with van der Waals surface area (Å²) in [6.07, 6.45) is 9.99. The van der Waals surface area contributed by atoms with Gasteiger partial charge in [0, 0.05) is 6.42 Å². The lowest BCUT2D eigenvalue weighted by molar-refractivity contribution is -0.170. The van der Waals surface area contributed by atoms with Crippen molar-refractivity contribution in [3.05, 3.63) is 0 Å². The van der Waals surface area contributed by atoms with Gasteiger partial charge in [-0.2, -0.15) is 5.01 Å². The van der Waals surface area contributed by atoms with E-state index < -0.39 is 17.2 Å². The van der Waals surface area contributed by atoms with Crippen molar-refractivity contribution < 1.29 is 19.5 Å². The lowest BCUT2D eigenvalue weighted by Crippen LogP contribution is -2.57. The third-order valence-electron chi connectivity index (χ3n) is 7.79. The molecule has 0 aromatic heterocycles. The average Bonchev–Trinajstić information content (AvgIpc) is 2.77. The Morgan fingerprint density at radius 3 is 2.41 bits per heavy atom. The summed E-state index contributed by atoms with van der Waals surface area (Å²) >= 11 is 0. The number of hydrogen-bond acceptors (Lipinski definition) is 4. The molecule has 2 atom stereocenters. The molecule has 6 fully saturated rings. The fraction of sp³-hybridized carbons (Fsp3) is 0.850. The van der Waals surface area contributed by atoms with Crippen molar-refractivity contribution >= 4 is 17.8 Å². The monoisotopic (exact) mass is 375 g/mol. The molecule has 4 bridgehead atoms. The standard InChI is InChI=1S/C20H29N3O4/c24-15(11-18-7-13-6-14(8-18)10-19(27,9-13)12-18)22-23-16(25)20(21-17(23)26)4-2-1-3-5-20/h13-14,27H,1-12H2,(H,21,26)(H,22,24). The SMILES string of the molecule is O=C(CC12CC3CC(CC(O)(C3)C1)C2)NN1C(=O)NC2(CCCCC2)C1=O. The van der Waals surface area contributed by atoms with Gasteiger partial charge in [-0.1, -0.05) is 19.3 Å². The molecule has 1 heterocycles. The van der Waals surface area contributed by atoms with Gasteiger partial charge < -0.3 is 10.4 Å². The van der Waals surface area contributed by atoms with Crippen molar-refractivity contribution in [1.29, 1.82) is 0 Å². The van der Waals surface area contributed by atoms with E-state index in [1.54, 1.807) is 0 Å². The van der Waals surface area contributed by atoms with E-state index in [1.165, 1.54) is 6.42 Å². The molecular formula is C20H29N3O4. The molecule has 6 rings (SSSR count). The van der Waals surface area contributed by atoms with Crippen LogP contribution in [0.15, 0.2) is 0 Å². The zero-order chi connectivity index (χ0) is 18.9. The second-order valence-electron chi connectivity index (χ2n) is 10.1. The van der Waals surface area contributed by atoms with Crippen LogP contribution in [0.2, 0.25) is 0 Å². The van der Waals surface area contributed by atoms with Gasteiger partial charge in [-0.15, -0.1) is 0 Å². The highest BCUT2D eigenvalue weighted by atomic mass is 16.3. The summed E-state index contributed by atoms with van der Waals surface area (Å²) in [5.74, 6) is 0.416. The molecule has 3 N–H and O–H groups in total. The molecule has 1 saturated heterocycles. The average molecular weight is 375 g/mol. The summed E-state index contributed by atoms with van der Waals surface area (Å²) in [7, 11) is 0. The van der Waals surface area contributed by atoms with E-state index in [-0.39, 0.29) is 23.7 Å². The van der Waals surface area contributed by atoms with E-state index in [2.05, 4.69) is 10.7 Å². The number of carbonyl (C=O) groups excluding carboxylic acids is 3. The summed E-state index contributed by atoms with van der Waals surface area (Å²) in [6.45, 7) is 0. The van der Waals surface area contributed by atoms with Gasteiger partial charge in [-0.05, 0) is 68.6 Å². The summed E-state index contributed by atoms with van der Waals surface area (Å²) in [5, 5.41) is 14.6. The second kappa shape index (κ2) is 5.69. The van der Waals surface area contributed by atoms with Crippen LogP contribution in [0.5, 0.6) is 0 Å². The largest absolute Gasteiger partial charge is 0.390 e. The molecule has 6 aliphatic rings. The van der Waals surface area contributed by atoms with Gasteiger partial charge in [0.1, 0.15) is 5.54 Å². The third kappa shape index (κ3) is 2.77. The van der Waals surface area contributed by atoms with Crippen molar-refractivity contribution in [1.82, 2.24) is 15.8 Å². The molecular weight excluding hydrogens is 346 g/mol. The molecule has 0 aromatic rings. The highest BCUT2D eigenvalue weighted by Gasteiger charge is 2.58. The van der Waals surface area contributed by atoms with E-state index in [1.807, 2.05) is 0 Å². The number of hydrogen-bond donors (Lipinski definition) is 3. The lowest BCUT2D eigenvalue weighted by atomic mass is 9.47. The van der Waals surface area contributed by atoms with Crippen LogP contribution in [-0.2, 0) is 9.59 Å². The van der Waals surface area contributed by atoms with E-state index in [0.717, 1.165) is 50.0 Å². The summed E-state index contributed by atoms with van der Waals surface area (Å²) in [4.78, 5) is 38.0. The van der Waals surface area contributed by atoms with Crippen molar-refractivity contribution in [2.24, 2.45) is 17.3 Å². The zero-order valence-electron chi connectivity index (χ0n) is 15.8. The molecule has 7 heteroatoms. The highest BCUT2D eigenvalue weighted by molar-refractivity contribution is 6.08. The maximum Gasteiger partial charge on any atom is 0.344 e. The normalized spacial score (nSPS) is 41.9. The van der Waals surface area contributed by atoms with Crippen LogP contribution in [0.4, 0.5) is 4.79 Å². The Bertz CT molecular complexity index is 685. The predicted molar refractivity (Wildman–Crippen MR) is 96.0 cm³/mol. The molecule has 5 aliphatic carbocycles. The van der Waals surface area contributed by atoms with E-state index in [9.17, 15) is 19.5 Å². The Morgan fingerprint density at radius 2 is 1.78 bits per heavy atom. The van der Waals surface area contributed by atoms with Crippen LogP contribution in [-0.4, -0.2) is 39.1 Å². The molecule has 7 nitrogen and oxygen atoms in total. The topological polar surface area (TPSA) is 98.7 Å². The van der Waals surface area contributed by atoms with Crippen LogP contribution in [0.3, 0.4) is 0 Å². The molecule has 27 heavy (non-hydrogen) atoms. The molecule has 0 radical (unpaired) electrons. The lowest BCUT2D eigenvalue weighted by Gasteiger charge is -2.60. The van der Waals surface area contributed by atoms with E-state index in [4.69, 9.17) is 0 Å². The molecule has 5 saturated carbocycles.